The number of hydrogen-bond acceptors (Lipinski definition) is 3. The number of nitrogens with zero attached hydrogens (tertiary/aromatic N) is 3. The molecule has 0 saturated carbocycles. The van der Waals surface area contributed by atoms with E-state index in [-0.39, 0.29) is 11.9 Å². The first kappa shape index (κ1) is 15.8. The lowest BCUT2D eigenvalue weighted by Crippen LogP contribution is -2.55. The van der Waals surface area contributed by atoms with E-state index >= 15 is 0 Å². The van der Waals surface area contributed by atoms with Gasteiger partial charge in [-0.15, -0.1) is 0 Å². The molecule has 4 rings (SSSR count). The van der Waals surface area contributed by atoms with Crippen LogP contribution in [-0.4, -0.2) is 39.9 Å². The number of piperazine rings is 1. The number of anilines is 1. The molecule has 1 aliphatic rings. The number of nitrogens with one attached hydrogen (secondary N) is 1. The van der Waals surface area contributed by atoms with Gasteiger partial charge in [0.25, 0.3) is 0 Å². The fraction of sp³-hybridized carbons (Fsp3) is 0.300. The first-order valence-corrected chi connectivity index (χ1v) is 8.65. The van der Waals surface area contributed by atoms with E-state index in [0.29, 0.717) is 19.6 Å². The van der Waals surface area contributed by atoms with Crippen molar-refractivity contribution in [2.75, 3.05) is 18.0 Å². The molecule has 128 valence electrons. The standard InChI is InChI=1S/C20H22N4O/c1-14-6-5-7-16(10-14)24-11-15(2)23(13-20(24)25)12-19-21-17-8-3-4-9-18(17)22-19/h3-10,15H,11-13H2,1-2H3,(H,21,22)/t15-/m0/s1. The van der Waals surface area contributed by atoms with Gasteiger partial charge >= 0.3 is 0 Å². The number of carbonyl (C=O) groups excluding carboxylic acids is 1. The summed E-state index contributed by atoms with van der Waals surface area (Å²) in [5.41, 5.74) is 4.16. The summed E-state index contributed by atoms with van der Waals surface area (Å²) in [7, 11) is 0. The molecular formula is C20H22N4O. The zero-order valence-electron chi connectivity index (χ0n) is 14.6. The van der Waals surface area contributed by atoms with Crippen molar-refractivity contribution in [3.63, 3.8) is 0 Å². The number of amides is 1. The Hall–Kier alpha value is -2.66. The average molecular weight is 334 g/mol. The van der Waals surface area contributed by atoms with Crippen molar-refractivity contribution in [2.24, 2.45) is 0 Å². The summed E-state index contributed by atoms with van der Waals surface area (Å²) in [5.74, 6) is 1.05. The van der Waals surface area contributed by atoms with Gasteiger partial charge < -0.3 is 9.88 Å². The molecule has 25 heavy (non-hydrogen) atoms. The maximum atomic E-state index is 12.7. The molecule has 1 aliphatic heterocycles. The number of aromatic nitrogens is 2. The highest BCUT2D eigenvalue weighted by Gasteiger charge is 2.30. The molecular weight excluding hydrogens is 312 g/mol. The van der Waals surface area contributed by atoms with Crippen LogP contribution in [0, 0.1) is 6.92 Å². The van der Waals surface area contributed by atoms with Gasteiger partial charge in [0.15, 0.2) is 0 Å². The highest BCUT2D eigenvalue weighted by atomic mass is 16.2. The quantitative estimate of drug-likeness (QED) is 0.801. The number of aryl methyl sites for hydroxylation is 1. The molecule has 1 fully saturated rings. The topological polar surface area (TPSA) is 52.2 Å². The Bertz CT molecular complexity index is 884. The summed E-state index contributed by atoms with van der Waals surface area (Å²) in [6.07, 6.45) is 0. The molecule has 2 heterocycles. The first-order valence-electron chi connectivity index (χ1n) is 8.65. The van der Waals surface area contributed by atoms with Gasteiger partial charge in [0, 0.05) is 18.3 Å². The van der Waals surface area contributed by atoms with Gasteiger partial charge in [-0.1, -0.05) is 24.3 Å². The second-order valence-corrected chi connectivity index (χ2v) is 6.80. The fourth-order valence-electron chi connectivity index (χ4n) is 3.43. The molecule has 2 aromatic carbocycles. The lowest BCUT2D eigenvalue weighted by Gasteiger charge is -2.39. The molecule has 5 heteroatoms. The number of aromatic amines is 1. The van der Waals surface area contributed by atoms with Gasteiger partial charge in [0.05, 0.1) is 24.1 Å². The summed E-state index contributed by atoms with van der Waals surface area (Å²) in [6.45, 7) is 5.98. The van der Waals surface area contributed by atoms with Crippen molar-refractivity contribution < 1.29 is 4.79 Å². The van der Waals surface area contributed by atoms with Gasteiger partial charge in [0.1, 0.15) is 5.82 Å². The van der Waals surface area contributed by atoms with E-state index in [1.807, 2.05) is 41.3 Å². The number of imidazole rings is 1. The van der Waals surface area contributed by atoms with E-state index in [1.54, 1.807) is 0 Å². The number of benzene rings is 2. The highest BCUT2D eigenvalue weighted by Crippen LogP contribution is 2.22. The Morgan fingerprint density at radius 2 is 2.04 bits per heavy atom. The number of rotatable bonds is 3. The molecule has 1 saturated heterocycles. The first-order chi connectivity index (χ1) is 12.1. The third kappa shape index (κ3) is 3.15. The smallest absolute Gasteiger partial charge is 0.241 e. The third-order valence-electron chi connectivity index (χ3n) is 4.81. The summed E-state index contributed by atoms with van der Waals surface area (Å²) in [4.78, 5) is 24.7. The molecule has 3 aromatic rings. The van der Waals surface area contributed by atoms with Crippen molar-refractivity contribution >= 4 is 22.6 Å². The number of hydrogen-bond donors (Lipinski definition) is 1. The number of fused-ring (bicyclic) bond motifs is 1. The maximum Gasteiger partial charge on any atom is 0.241 e. The predicted octanol–water partition coefficient (Wildman–Crippen LogP) is 3.11. The molecule has 1 N–H and O–H groups in total. The third-order valence-corrected chi connectivity index (χ3v) is 4.81. The Balaban J connectivity index is 1.51. The lowest BCUT2D eigenvalue weighted by molar-refractivity contribution is -0.122. The molecule has 1 aromatic heterocycles. The molecule has 0 unspecified atom stereocenters. The molecule has 1 atom stereocenters. The van der Waals surface area contributed by atoms with E-state index in [9.17, 15) is 4.79 Å². The highest BCUT2D eigenvalue weighted by molar-refractivity contribution is 5.95. The molecule has 0 aliphatic carbocycles. The summed E-state index contributed by atoms with van der Waals surface area (Å²) in [5, 5.41) is 0. The van der Waals surface area contributed by atoms with Crippen LogP contribution in [0.25, 0.3) is 11.0 Å². The van der Waals surface area contributed by atoms with Crippen LogP contribution in [0.3, 0.4) is 0 Å². The SMILES string of the molecule is Cc1cccc(N2C[C@H](C)N(Cc3nc4ccccc4[nH]3)CC2=O)c1. The van der Waals surface area contributed by atoms with Crippen LogP contribution in [0.5, 0.6) is 0 Å². The Morgan fingerprint density at radius 3 is 2.84 bits per heavy atom. The predicted molar refractivity (Wildman–Crippen MR) is 99.5 cm³/mol. The normalized spacial score (nSPS) is 18.9. The Morgan fingerprint density at radius 1 is 1.20 bits per heavy atom. The minimum atomic E-state index is 0.139. The lowest BCUT2D eigenvalue weighted by atomic mass is 10.1. The molecule has 1 amide bonds. The maximum absolute atomic E-state index is 12.7. The minimum absolute atomic E-state index is 0.139. The van der Waals surface area contributed by atoms with Crippen molar-refractivity contribution in [3.8, 4) is 0 Å². The van der Waals surface area contributed by atoms with Crippen molar-refractivity contribution in [1.29, 1.82) is 0 Å². The monoisotopic (exact) mass is 334 g/mol. The van der Waals surface area contributed by atoms with E-state index in [4.69, 9.17) is 0 Å². The van der Waals surface area contributed by atoms with Crippen LogP contribution in [-0.2, 0) is 11.3 Å². The van der Waals surface area contributed by atoms with Gasteiger partial charge in [-0.25, -0.2) is 4.98 Å². The molecule has 5 nitrogen and oxygen atoms in total. The minimum Gasteiger partial charge on any atom is -0.341 e. The Labute approximate surface area is 147 Å². The molecule has 0 bridgehead atoms. The van der Waals surface area contributed by atoms with Crippen LogP contribution in [0.4, 0.5) is 5.69 Å². The van der Waals surface area contributed by atoms with E-state index in [1.165, 1.54) is 5.56 Å². The van der Waals surface area contributed by atoms with E-state index in [0.717, 1.165) is 22.5 Å². The zero-order chi connectivity index (χ0) is 17.4. The van der Waals surface area contributed by atoms with Gasteiger partial charge in [0.2, 0.25) is 5.91 Å². The van der Waals surface area contributed by atoms with Crippen molar-refractivity contribution in [2.45, 2.75) is 26.4 Å². The Kier molecular flexibility index (Phi) is 4.01. The molecule has 0 radical (unpaired) electrons. The fourth-order valence-corrected chi connectivity index (χ4v) is 3.43. The second-order valence-electron chi connectivity index (χ2n) is 6.80. The van der Waals surface area contributed by atoms with Crippen LogP contribution in [0.15, 0.2) is 48.5 Å². The number of carbonyl (C=O) groups is 1. The van der Waals surface area contributed by atoms with Crippen LogP contribution < -0.4 is 4.90 Å². The van der Waals surface area contributed by atoms with Crippen LogP contribution >= 0.6 is 0 Å². The second kappa shape index (κ2) is 6.33. The van der Waals surface area contributed by atoms with Crippen molar-refractivity contribution in [3.05, 3.63) is 59.9 Å². The van der Waals surface area contributed by atoms with Crippen LogP contribution in [0.2, 0.25) is 0 Å². The molecule has 0 spiro atoms. The number of H-pyrrole nitrogens is 1. The number of para-hydroxylation sites is 2. The average Bonchev–Trinajstić information content (AvgIpc) is 3.00. The van der Waals surface area contributed by atoms with Crippen LogP contribution in [0.1, 0.15) is 18.3 Å². The summed E-state index contributed by atoms with van der Waals surface area (Å²) >= 11 is 0. The summed E-state index contributed by atoms with van der Waals surface area (Å²) in [6, 6.07) is 16.4. The zero-order valence-corrected chi connectivity index (χ0v) is 14.6. The van der Waals surface area contributed by atoms with Gasteiger partial charge in [-0.2, -0.15) is 0 Å². The van der Waals surface area contributed by atoms with Gasteiger partial charge in [-0.05, 0) is 43.7 Å². The van der Waals surface area contributed by atoms with Gasteiger partial charge in [-0.3, -0.25) is 9.69 Å². The van der Waals surface area contributed by atoms with E-state index < -0.39 is 0 Å². The summed E-state index contributed by atoms with van der Waals surface area (Å²) < 4.78 is 0. The van der Waals surface area contributed by atoms with Crippen molar-refractivity contribution in [1.82, 2.24) is 14.9 Å². The largest absolute Gasteiger partial charge is 0.341 e. The van der Waals surface area contributed by atoms with E-state index in [2.05, 4.69) is 40.8 Å².